The Balaban J connectivity index is 4.45. The van der Waals surface area contributed by atoms with Crippen LogP contribution in [0.4, 0.5) is 4.79 Å². The molecular formula is C12H20N2O4. The lowest BCUT2D eigenvalue weighted by Gasteiger charge is -2.22. The van der Waals surface area contributed by atoms with Gasteiger partial charge in [0.2, 0.25) is 0 Å². The van der Waals surface area contributed by atoms with Gasteiger partial charge in [-0.2, -0.15) is 0 Å². The summed E-state index contributed by atoms with van der Waals surface area (Å²) in [6, 6.07) is -1.42. The number of methoxy groups -OCH3 is 1. The molecule has 102 valence electrons. The molecule has 6 heteroatoms. The SMILES string of the molecule is C#CCN(CCC)C(=O)NC(CCOC)C(=O)O. The second-order valence-electron chi connectivity index (χ2n) is 3.75. The Morgan fingerprint density at radius 2 is 2.22 bits per heavy atom. The van der Waals surface area contributed by atoms with Crippen LogP contribution in [-0.2, 0) is 9.53 Å². The Hall–Kier alpha value is -1.74. The van der Waals surface area contributed by atoms with Crippen LogP contribution in [0, 0.1) is 12.3 Å². The Kier molecular flexibility index (Phi) is 8.41. The maximum absolute atomic E-state index is 11.8. The minimum atomic E-state index is -1.09. The third kappa shape index (κ3) is 6.11. The van der Waals surface area contributed by atoms with Crippen LogP contribution in [0.2, 0.25) is 0 Å². The number of ether oxygens (including phenoxy) is 1. The lowest BCUT2D eigenvalue weighted by atomic mass is 10.2. The highest BCUT2D eigenvalue weighted by atomic mass is 16.5. The predicted molar refractivity (Wildman–Crippen MR) is 67.1 cm³/mol. The second-order valence-corrected chi connectivity index (χ2v) is 3.75. The van der Waals surface area contributed by atoms with Crippen molar-refractivity contribution >= 4 is 12.0 Å². The summed E-state index contributed by atoms with van der Waals surface area (Å²) in [5, 5.41) is 11.4. The van der Waals surface area contributed by atoms with Crippen molar-refractivity contribution in [3.63, 3.8) is 0 Å². The maximum Gasteiger partial charge on any atom is 0.326 e. The summed E-state index contributed by atoms with van der Waals surface area (Å²) in [7, 11) is 1.47. The summed E-state index contributed by atoms with van der Waals surface area (Å²) >= 11 is 0. The van der Waals surface area contributed by atoms with E-state index in [1.807, 2.05) is 6.92 Å². The average molecular weight is 256 g/mol. The molecule has 0 aliphatic rings. The maximum atomic E-state index is 11.8. The molecule has 0 saturated carbocycles. The highest BCUT2D eigenvalue weighted by Crippen LogP contribution is 1.98. The van der Waals surface area contributed by atoms with Gasteiger partial charge < -0.3 is 20.1 Å². The van der Waals surface area contributed by atoms with Crippen molar-refractivity contribution in [2.75, 3.05) is 26.8 Å². The molecule has 2 amide bonds. The molecule has 6 nitrogen and oxygen atoms in total. The van der Waals surface area contributed by atoms with Crippen LogP contribution in [0.1, 0.15) is 19.8 Å². The quantitative estimate of drug-likeness (QED) is 0.621. The minimum absolute atomic E-state index is 0.163. The number of carboxylic acid groups (broad SMARTS) is 1. The molecule has 2 N–H and O–H groups in total. The minimum Gasteiger partial charge on any atom is -0.480 e. The van der Waals surface area contributed by atoms with Crippen LogP contribution in [0.3, 0.4) is 0 Å². The molecule has 0 fully saturated rings. The van der Waals surface area contributed by atoms with Crippen molar-refractivity contribution in [2.24, 2.45) is 0 Å². The monoisotopic (exact) mass is 256 g/mol. The van der Waals surface area contributed by atoms with Gasteiger partial charge in [0, 0.05) is 26.7 Å². The molecular weight excluding hydrogens is 236 g/mol. The zero-order valence-corrected chi connectivity index (χ0v) is 10.8. The van der Waals surface area contributed by atoms with Crippen molar-refractivity contribution in [1.82, 2.24) is 10.2 Å². The number of rotatable bonds is 8. The number of nitrogens with one attached hydrogen (secondary N) is 1. The number of aliphatic carboxylic acids is 1. The molecule has 0 heterocycles. The van der Waals surface area contributed by atoms with E-state index in [0.29, 0.717) is 6.54 Å². The van der Waals surface area contributed by atoms with E-state index in [4.69, 9.17) is 16.3 Å². The van der Waals surface area contributed by atoms with E-state index in [1.54, 1.807) is 0 Å². The van der Waals surface area contributed by atoms with E-state index in [2.05, 4.69) is 11.2 Å². The van der Waals surface area contributed by atoms with Gasteiger partial charge in [0.15, 0.2) is 0 Å². The van der Waals surface area contributed by atoms with Crippen LogP contribution >= 0.6 is 0 Å². The molecule has 0 aliphatic carbocycles. The van der Waals surface area contributed by atoms with Crippen LogP contribution in [-0.4, -0.2) is 54.9 Å². The number of hydrogen-bond donors (Lipinski definition) is 2. The van der Waals surface area contributed by atoms with Crippen LogP contribution in [0.5, 0.6) is 0 Å². The van der Waals surface area contributed by atoms with E-state index in [1.165, 1.54) is 12.0 Å². The number of amides is 2. The highest BCUT2D eigenvalue weighted by Gasteiger charge is 2.22. The van der Waals surface area contributed by atoms with Gasteiger partial charge in [0.05, 0.1) is 6.54 Å². The van der Waals surface area contributed by atoms with E-state index >= 15 is 0 Å². The van der Waals surface area contributed by atoms with Gasteiger partial charge in [-0.3, -0.25) is 0 Å². The molecule has 0 aliphatic heterocycles. The lowest BCUT2D eigenvalue weighted by Crippen LogP contribution is -2.48. The van der Waals surface area contributed by atoms with Crippen LogP contribution in [0.15, 0.2) is 0 Å². The molecule has 0 aromatic rings. The largest absolute Gasteiger partial charge is 0.480 e. The molecule has 18 heavy (non-hydrogen) atoms. The molecule has 0 saturated heterocycles. The first-order valence-electron chi connectivity index (χ1n) is 5.77. The number of terminal acetylenes is 1. The fourth-order valence-electron chi connectivity index (χ4n) is 1.37. The van der Waals surface area contributed by atoms with E-state index in [0.717, 1.165) is 6.42 Å². The van der Waals surface area contributed by atoms with Gasteiger partial charge in [-0.05, 0) is 6.42 Å². The smallest absolute Gasteiger partial charge is 0.326 e. The van der Waals surface area contributed by atoms with Gasteiger partial charge in [0.1, 0.15) is 6.04 Å². The van der Waals surface area contributed by atoms with Crippen molar-refractivity contribution in [1.29, 1.82) is 0 Å². The van der Waals surface area contributed by atoms with Crippen molar-refractivity contribution in [3.05, 3.63) is 0 Å². The van der Waals surface area contributed by atoms with Gasteiger partial charge in [-0.25, -0.2) is 9.59 Å². The summed E-state index contributed by atoms with van der Waals surface area (Å²) in [4.78, 5) is 24.2. The number of urea groups is 1. The van der Waals surface area contributed by atoms with E-state index in [9.17, 15) is 9.59 Å². The summed E-state index contributed by atoms with van der Waals surface area (Å²) in [5.74, 6) is 1.29. The Morgan fingerprint density at radius 3 is 2.67 bits per heavy atom. The topological polar surface area (TPSA) is 78.9 Å². The molecule has 0 aromatic carbocycles. The number of nitrogens with zero attached hydrogens (tertiary/aromatic N) is 1. The molecule has 0 bridgehead atoms. The number of carboxylic acids is 1. The Bertz CT molecular complexity index is 312. The van der Waals surface area contributed by atoms with Crippen LogP contribution in [0.25, 0.3) is 0 Å². The second kappa shape index (κ2) is 9.31. The molecule has 0 radical (unpaired) electrons. The van der Waals surface area contributed by atoms with Crippen molar-refractivity contribution < 1.29 is 19.4 Å². The van der Waals surface area contributed by atoms with Gasteiger partial charge in [-0.1, -0.05) is 12.8 Å². The molecule has 0 spiro atoms. The highest BCUT2D eigenvalue weighted by molar-refractivity contribution is 5.82. The fraction of sp³-hybridized carbons (Fsp3) is 0.667. The standard InChI is InChI=1S/C12H20N2O4/c1-4-7-14(8-5-2)12(17)13-10(11(15)16)6-9-18-3/h1,10H,5-9H2,2-3H3,(H,13,17)(H,15,16). The molecule has 1 atom stereocenters. The third-order valence-corrected chi connectivity index (χ3v) is 2.27. The summed E-state index contributed by atoms with van der Waals surface area (Å²) in [6.07, 6.45) is 6.13. The zero-order valence-electron chi connectivity index (χ0n) is 10.8. The first kappa shape index (κ1) is 16.3. The number of carbonyl (C=O) groups is 2. The molecule has 0 rings (SSSR count). The van der Waals surface area contributed by atoms with E-state index in [-0.39, 0.29) is 19.6 Å². The summed E-state index contributed by atoms with van der Waals surface area (Å²) < 4.78 is 4.80. The van der Waals surface area contributed by atoms with Gasteiger partial charge in [0.25, 0.3) is 0 Å². The molecule has 0 aromatic heterocycles. The van der Waals surface area contributed by atoms with Gasteiger partial charge >= 0.3 is 12.0 Å². The first-order valence-corrected chi connectivity index (χ1v) is 5.77. The Morgan fingerprint density at radius 1 is 1.56 bits per heavy atom. The van der Waals surface area contributed by atoms with Gasteiger partial charge in [-0.15, -0.1) is 6.42 Å². The fourth-order valence-corrected chi connectivity index (χ4v) is 1.37. The molecule has 1 unspecified atom stereocenters. The number of carbonyl (C=O) groups excluding carboxylic acids is 1. The Labute approximate surface area is 107 Å². The first-order chi connectivity index (χ1) is 8.56. The summed E-state index contributed by atoms with van der Waals surface area (Å²) in [6.45, 7) is 2.83. The normalized spacial score (nSPS) is 11.4. The summed E-state index contributed by atoms with van der Waals surface area (Å²) in [5.41, 5.74) is 0. The van der Waals surface area contributed by atoms with E-state index < -0.39 is 18.0 Å². The average Bonchev–Trinajstić information content (AvgIpc) is 2.33. The third-order valence-electron chi connectivity index (χ3n) is 2.27. The predicted octanol–water partition coefficient (Wildman–Crippen LogP) is 0.531. The number of hydrogen-bond acceptors (Lipinski definition) is 3. The van der Waals surface area contributed by atoms with Crippen LogP contribution < -0.4 is 5.32 Å². The van der Waals surface area contributed by atoms with Crippen molar-refractivity contribution in [3.8, 4) is 12.3 Å². The van der Waals surface area contributed by atoms with Crippen molar-refractivity contribution in [2.45, 2.75) is 25.8 Å². The lowest BCUT2D eigenvalue weighted by molar-refractivity contribution is -0.139. The zero-order chi connectivity index (χ0) is 14.0.